The standard InChI is InChI=1S/C10H9NO/c1-12-10-9-5-3-2-4-8(9)6-7-11-10/h2-7H,1H3. The van der Waals surface area contributed by atoms with Gasteiger partial charge in [-0.15, -0.1) is 0 Å². The molecule has 0 aliphatic rings. The number of hydrogen-bond acceptors (Lipinski definition) is 2. The van der Waals surface area contributed by atoms with Gasteiger partial charge in [-0.3, -0.25) is 0 Å². The zero-order valence-corrected chi connectivity index (χ0v) is 6.82. The Bertz CT molecular complexity index is 392. The van der Waals surface area contributed by atoms with Crippen molar-refractivity contribution in [1.29, 1.82) is 0 Å². The van der Waals surface area contributed by atoms with Crippen molar-refractivity contribution in [3.63, 3.8) is 0 Å². The molecule has 0 radical (unpaired) electrons. The maximum atomic E-state index is 5.12. The molecule has 2 aromatic rings. The quantitative estimate of drug-likeness (QED) is 0.636. The fourth-order valence-electron chi connectivity index (χ4n) is 1.25. The summed E-state index contributed by atoms with van der Waals surface area (Å²) >= 11 is 0. The Hall–Kier alpha value is -1.57. The van der Waals surface area contributed by atoms with Crippen molar-refractivity contribution < 1.29 is 4.74 Å². The molecule has 0 amide bonds. The number of aromatic nitrogens is 1. The number of hydrogen-bond donors (Lipinski definition) is 0. The van der Waals surface area contributed by atoms with Gasteiger partial charge < -0.3 is 4.74 Å². The molecule has 1 aromatic heterocycles. The van der Waals surface area contributed by atoms with Crippen LogP contribution in [0.5, 0.6) is 5.88 Å². The molecule has 0 aliphatic carbocycles. The number of nitrogens with zero attached hydrogens (tertiary/aromatic N) is 1. The summed E-state index contributed by atoms with van der Waals surface area (Å²) in [6.45, 7) is 0. The largest absolute Gasteiger partial charge is 0.481 e. The number of pyridine rings is 1. The first-order valence-electron chi connectivity index (χ1n) is 3.79. The summed E-state index contributed by atoms with van der Waals surface area (Å²) in [6.07, 6.45) is 1.75. The van der Waals surface area contributed by atoms with Gasteiger partial charge in [0, 0.05) is 11.6 Å². The molecule has 2 heteroatoms. The average molecular weight is 159 g/mol. The highest BCUT2D eigenvalue weighted by atomic mass is 16.5. The molecule has 0 unspecified atom stereocenters. The molecule has 0 atom stereocenters. The average Bonchev–Trinajstić information content (AvgIpc) is 2.17. The van der Waals surface area contributed by atoms with Crippen LogP contribution in [0, 0.1) is 0 Å². The van der Waals surface area contributed by atoms with E-state index in [1.165, 1.54) is 0 Å². The van der Waals surface area contributed by atoms with Crippen molar-refractivity contribution in [2.45, 2.75) is 0 Å². The van der Waals surface area contributed by atoms with E-state index in [0.29, 0.717) is 5.88 Å². The molecule has 0 N–H and O–H groups in total. The third kappa shape index (κ3) is 1.01. The SMILES string of the molecule is COc1nccc2ccccc12. The topological polar surface area (TPSA) is 22.1 Å². The normalized spacial score (nSPS) is 10.1. The highest BCUT2D eigenvalue weighted by Crippen LogP contribution is 2.21. The number of fused-ring (bicyclic) bond motifs is 1. The Morgan fingerprint density at radius 2 is 2.00 bits per heavy atom. The lowest BCUT2D eigenvalue weighted by atomic mass is 10.2. The number of rotatable bonds is 1. The predicted octanol–water partition coefficient (Wildman–Crippen LogP) is 2.24. The van der Waals surface area contributed by atoms with Crippen LogP contribution in [0.3, 0.4) is 0 Å². The molecule has 2 nitrogen and oxygen atoms in total. The zero-order chi connectivity index (χ0) is 8.39. The van der Waals surface area contributed by atoms with Crippen LogP contribution >= 0.6 is 0 Å². The van der Waals surface area contributed by atoms with E-state index >= 15 is 0 Å². The molecule has 0 aliphatic heterocycles. The van der Waals surface area contributed by atoms with E-state index in [1.54, 1.807) is 13.3 Å². The zero-order valence-electron chi connectivity index (χ0n) is 6.82. The first-order valence-corrected chi connectivity index (χ1v) is 3.79. The van der Waals surface area contributed by atoms with Gasteiger partial charge in [0.1, 0.15) is 0 Å². The molecule has 0 saturated heterocycles. The van der Waals surface area contributed by atoms with E-state index in [9.17, 15) is 0 Å². The number of ether oxygens (including phenoxy) is 1. The molecule has 0 saturated carbocycles. The van der Waals surface area contributed by atoms with Crippen molar-refractivity contribution in [2.24, 2.45) is 0 Å². The fourth-order valence-corrected chi connectivity index (χ4v) is 1.25. The first-order chi connectivity index (χ1) is 5.92. The second-order valence-corrected chi connectivity index (χ2v) is 2.54. The molecular formula is C10H9NO. The van der Waals surface area contributed by atoms with Gasteiger partial charge in [-0.25, -0.2) is 4.98 Å². The van der Waals surface area contributed by atoms with Crippen LogP contribution in [0.25, 0.3) is 10.8 Å². The lowest BCUT2D eigenvalue weighted by Gasteiger charge is -2.01. The molecule has 0 fully saturated rings. The third-order valence-corrected chi connectivity index (χ3v) is 1.83. The van der Waals surface area contributed by atoms with E-state index in [2.05, 4.69) is 4.98 Å². The Labute approximate surface area is 70.8 Å². The Balaban J connectivity index is 2.79. The van der Waals surface area contributed by atoms with Gasteiger partial charge in [-0.1, -0.05) is 18.2 Å². The summed E-state index contributed by atoms with van der Waals surface area (Å²) in [5, 5.41) is 2.21. The molecule has 1 aromatic carbocycles. The fraction of sp³-hybridized carbons (Fsp3) is 0.100. The summed E-state index contributed by atoms with van der Waals surface area (Å²) in [5.74, 6) is 0.688. The summed E-state index contributed by atoms with van der Waals surface area (Å²) in [4.78, 5) is 4.10. The van der Waals surface area contributed by atoms with E-state index < -0.39 is 0 Å². The number of benzene rings is 1. The first kappa shape index (κ1) is 7.10. The van der Waals surface area contributed by atoms with Crippen molar-refractivity contribution in [3.8, 4) is 5.88 Å². The predicted molar refractivity (Wildman–Crippen MR) is 48.3 cm³/mol. The van der Waals surface area contributed by atoms with Gasteiger partial charge >= 0.3 is 0 Å². The van der Waals surface area contributed by atoms with Gasteiger partial charge in [0.15, 0.2) is 0 Å². The smallest absolute Gasteiger partial charge is 0.221 e. The summed E-state index contributed by atoms with van der Waals surface area (Å²) in [6, 6.07) is 9.99. The number of methoxy groups -OCH3 is 1. The van der Waals surface area contributed by atoms with Gasteiger partial charge in [0.25, 0.3) is 0 Å². The lowest BCUT2D eigenvalue weighted by Crippen LogP contribution is -1.87. The molecule has 0 spiro atoms. The minimum atomic E-state index is 0.688. The summed E-state index contributed by atoms with van der Waals surface area (Å²) in [5.41, 5.74) is 0. The molecule has 60 valence electrons. The maximum Gasteiger partial charge on any atom is 0.221 e. The van der Waals surface area contributed by atoms with E-state index in [-0.39, 0.29) is 0 Å². The van der Waals surface area contributed by atoms with Crippen molar-refractivity contribution in [1.82, 2.24) is 4.98 Å². The van der Waals surface area contributed by atoms with E-state index in [4.69, 9.17) is 4.74 Å². The van der Waals surface area contributed by atoms with Gasteiger partial charge in [0.2, 0.25) is 5.88 Å². The van der Waals surface area contributed by atoms with Gasteiger partial charge in [-0.05, 0) is 17.5 Å². The van der Waals surface area contributed by atoms with Gasteiger partial charge in [0.05, 0.1) is 7.11 Å². The van der Waals surface area contributed by atoms with Crippen LogP contribution in [0.1, 0.15) is 0 Å². The summed E-state index contributed by atoms with van der Waals surface area (Å²) in [7, 11) is 1.63. The third-order valence-electron chi connectivity index (χ3n) is 1.83. The maximum absolute atomic E-state index is 5.12. The van der Waals surface area contributed by atoms with Crippen molar-refractivity contribution >= 4 is 10.8 Å². The van der Waals surface area contributed by atoms with Gasteiger partial charge in [-0.2, -0.15) is 0 Å². The van der Waals surface area contributed by atoms with Crippen LogP contribution in [0.4, 0.5) is 0 Å². The van der Waals surface area contributed by atoms with Crippen LogP contribution in [-0.2, 0) is 0 Å². The van der Waals surface area contributed by atoms with Crippen molar-refractivity contribution in [2.75, 3.05) is 7.11 Å². The summed E-state index contributed by atoms with van der Waals surface area (Å²) < 4.78 is 5.12. The molecular weight excluding hydrogens is 150 g/mol. The minimum absolute atomic E-state index is 0.688. The van der Waals surface area contributed by atoms with Crippen LogP contribution in [0.2, 0.25) is 0 Å². The Morgan fingerprint density at radius 1 is 1.17 bits per heavy atom. The van der Waals surface area contributed by atoms with Crippen LogP contribution in [0.15, 0.2) is 36.5 Å². The second-order valence-electron chi connectivity index (χ2n) is 2.54. The molecule has 0 bridgehead atoms. The van der Waals surface area contributed by atoms with E-state index in [0.717, 1.165) is 10.8 Å². The van der Waals surface area contributed by atoms with E-state index in [1.807, 2.05) is 30.3 Å². The minimum Gasteiger partial charge on any atom is -0.481 e. The Kier molecular flexibility index (Phi) is 1.67. The second kappa shape index (κ2) is 2.81. The lowest BCUT2D eigenvalue weighted by molar-refractivity contribution is 0.403. The van der Waals surface area contributed by atoms with Crippen molar-refractivity contribution in [3.05, 3.63) is 36.5 Å². The molecule has 12 heavy (non-hydrogen) atoms. The highest BCUT2D eigenvalue weighted by molar-refractivity contribution is 5.86. The van der Waals surface area contributed by atoms with Crippen LogP contribution in [-0.4, -0.2) is 12.1 Å². The molecule has 2 rings (SSSR count). The Morgan fingerprint density at radius 3 is 2.83 bits per heavy atom. The van der Waals surface area contributed by atoms with Crippen LogP contribution < -0.4 is 4.74 Å². The molecule has 1 heterocycles. The monoisotopic (exact) mass is 159 g/mol. The highest BCUT2D eigenvalue weighted by Gasteiger charge is 1.98.